The standard InChI is InChI=1S/C23H31N3O2S/c1-15-10-19(26(13-15)20(27)11-23(3,4)5)22(28)24-12-17-6-8-18(9-7-17)21-16(2)25-14-29-21/h6-9,14-15,19H,10-13H2,1-5H3,(H,24,28)/t15?,19-/m0/s1. The minimum Gasteiger partial charge on any atom is -0.350 e. The van der Waals surface area contributed by atoms with Crippen LogP contribution in [0.3, 0.4) is 0 Å². The fourth-order valence-electron chi connectivity index (χ4n) is 3.79. The van der Waals surface area contributed by atoms with Crippen molar-refractivity contribution in [2.45, 2.75) is 60.0 Å². The topological polar surface area (TPSA) is 62.3 Å². The predicted octanol–water partition coefficient (Wildman–Crippen LogP) is 4.41. The normalized spacial score (nSPS) is 19.4. The molecule has 29 heavy (non-hydrogen) atoms. The Balaban J connectivity index is 1.60. The van der Waals surface area contributed by atoms with Gasteiger partial charge in [0.15, 0.2) is 0 Å². The molecule has 5 nitrogen and oxygen atoms in total. The number of benzene rings is 1. The maximum atomic E-state index is 12.8. The number of nitrogens with one attached hydrogen (secondary N) is 1. The molecule has 1 N–H and O–H groups in total. The largest absolute Gasteiger partial charge is 0.350 e. The number of thiazole rings is 1. The molecule has 6 heteroatoms. The van der Waals surface area contributed by atoms with Gasteiger partial charge in [-0.1, -0.05) is 52.0 Å². The lowest BCUT2D eigenvalue weighted by molar-refractivity contribution is -0.139. The third kappa shape index (κ3) is 5.44. The van der Waals surface area contributed by atoms with E-state index >= 15 is 0 Å². The maximum absolute atomic E-state index is 12.8. The molecule has 1 unspecified atom stereocenters. The second-order valence-corrected chi connectivity index (χ2v) is 10.2. The third-order valence-electron chi connectivity index (χ3n) is 5.24. The highest BCUT2D eigenvalue weighted by Gasteiger charge is 2.38. The number of amides is 2. The Hall–Kier alpha value is -2.21. The highest BCUT2D eigenvalue weighted by atomic mass is 32.1. The van der Waals surface area contributed by atoms with Crippen LogP contribution in [0.25, 0.3) is 10.4 Å². The Kier molecular flexibility index (Phi) is 6.42. The molecular weight excluding hydrogens is 382 g/mol. The van der Waals surface area contributed by atoms with E-state index in [-0.39, 0.29) is 23.3 Å². The van der Waals surface area contributed by atoms with Gasteiger partial charge in [0.2, 0.25) is 11.8 Å². The maximum Gasteiger partial charge on any atom is 0.243 e. The molecule has 1 saturated heterocycles. The summed E-state index contributed by atoms with van der Waals surface area (Å²) in [6.07, 6.45) is 1.19. The van der Waals surface area contributed by atoms with E-state index < -0.39 is 0 Å². The summed E-state index contributed by atoms with van der Waals surface area (Å²) in [5.41, 5.74) is 4.99. The molecule has 0 saturated carbocycles. The van der Waals surface area contributed by atoms with Gasteiger partial charge in [0.25, 0.3) is 0 Å². The molecule has 1 fully saturated rings. The van der Waals surface area contributed by atoms with Crippen LogP contribution in [0.4, 0.5) is 0 Å². The lowest BCUT2D eigenvalue weighted by Crippen LogP contribution is -2.46. The van der Waals surface area contributed by atoms with Gasteiger partial charge in [-0.3, -0.25) is 9.59 Å². The molecule has 0 aliphatic carbocycles. The molecule has 2 atom stereocenters. The van der Waals surface area contributed by atoms with E-state index in [0.29, 0.717) is 25.4 Å². The van der Waals surface area contributed by atoms with Crippen molar-refractivity contribution in [1.29, 1.82) is 0 Å². The molecule has 3 rings (SSSR count). The van der Waals surface area contributed by atoms with E-state index in [9.17, 15) is 9.59 Å². The summed E-state index contributed by atoms with van der Waals surface area (Å²) >= 11 is 1.63. The van der Waals surface area contributed by atoms with Gasteiger partial charge in [-0.2, -0.15) is 0 Å². The van der Waals surface area contributed by atoms with Crippen molar-refractivity contribution < 1.29 is 9.59 Å². The van der Waals surface area contributed by atoms with Gasteiger partial charge in [-0.15, -0.1) is 11.3 Å². The van der Waals surface area contributed by atoms with Gasteiger partial charge in [-0.25, -0.2) is 4.98 Å². The molecule has 156 valence electrons. The first-order valence-corrected chi connectivity index (χ1v) is 11.1. The average Bonchev–Trinajstić information content (AvgIpc) is 3.24. The first-order valence-electron chi connectivity index (χ1n) is 10.2. The molecule has 2 amide bonds. The third-order valence-corrected chi connectivity index (χ3v) is 6.22. The monoisotopic (exact) mass is 413 g/mol. The number of rotatable bonds is 5. The van der Waals surface area contributed by atoms with Crippen LogP contribution in [0.15, 0.2) is 29.8 Å². The van der Waals surface area contributed by atoms with Gasteiger partial charge in [-0.05, 0) is 35.8 Å². The van der Waals surface area contributed by atoms with Crippen molar-refractivity contribution in [2.75, 3.05) is 6.54 Å². The van der Waals surface area contributed by atoms with Crippen LogP contribution in [0.5, 0.6) is 0 Å². The van der Waals surface area contributed by atoms with Gasteiger partial charge >= 0.3 is 0 Å². The Morgan fingerprint density at radius 2 is 1.93 bits per heavy atom. The minimum atomic E-state index is -0.362. The van der Waals surface area contributed by atoms with Crippen molar-refractivity contribution in [3.8, 4) is 10.4 Å². The fourth-order valence-corrected chi connectivity index (χ4v) is 4.60. The summed E-state index contributed by atoms with van der Waals surface area (Å²) in [7, 11) is 0. The fraction of sp³-hybridized carbons (Fsp3) is 0.522. The van der Waals surface area contributed by atoms with Crippen LogP contribution in [-0.2, 0) is 16.1 Å². The first kappa shape index (κ1) is 21.5. The SMILES string of the molecule is Cc1ncsc1-c1ccc(CNC(=O)[C@@H]2CC(C)CN2C(=O)CC(C)(C)C)cc1. The number of carbonyl (C=O) groups excluding carboxylic acids is 2. The molecule has 1 aliphatic rings. The van der Waals surface area contributed by atoms with E-state index in [1.165, 1.54) is 4.88 Å². The zero-order chi connectivity index (χ0) is 21.2. The Labute approximate surface area is 177 Å². The van der Waals surface area contributed by atoms with Crippen LogP contribution in [0, 0.1) is 18.3 Å². The Morgan fingerprint density at radius 1 is 1.24 bits per heavy atom. The summed E-state index contributed by atoms with van der Waals surface area (Å²) in [6.45, 7) is 11.4. The minimum absolute atomic E-state index is 0.0565. The van der Waals surface area contributed by atoms with E-state index in [4.69, 9.17) is 0 Å². The smallest absolute Gasteiger partial charge is 0.243 e. The van der Waals surface area contributed by atoms with E-state index in [1.807, 2.05) is 24.6 Å². The molecule has 2 heterocycles. The van der Waals surface area contributed by atoms with E-state index in [2.05, 4.69) is 50.1 Å². The second kappa shape index (κ2) is 8.66. The van der Waals surface area contributed by atoms with E-state index in [1.54, 1.807) is 16.2 Å². The molecule has 0 radical (unpaired) electrons. The van der Waals surface area contributed by atoms with Crippen LogP contribution in [-0.4, -0.2) is 34.3 Å². The summed E-state index contributed by atoms with van der Waals surface area (Å²) in [5.74, 6) is 0.363. The quantitative estimate of drug-likeness (QED) is 0.790. The summed E-state index contributed by atoms with van der Waals surface area (Å²) in [4.78, 5) is 32.8. The van der Waals surface area contributed by atoms with Crippen molar-refractivity contribution >= 4 is 23.2 Å². The average molecular weight is 414 g/mol. The lowest BCUT2D eigenvalue weighted by atomic mass is 9.91. The van der Waals surface area contributed by atoms with Crippen LogP contribution >= 0.6 is 11.3 Å². The molecule has 0 spiro atoms. The number of likely N-dealkylation sites (tertiary alicyclic amines) is 1. The zero-order valence-electron chi connectivity index (χ0n) is 18.0. The Bertz CT molecular complexity index is 867. The predicted molar refractivity (Wildman–Crippen MR) is 117 cm³/mol. The Morgan fingerprint density at radius 3 is 2.52 bits per heavy atom. The van der Waals surface area contributed by atoms with Crippen molar-refractivity contribution in [2.24, 2.45) is 11.3 Å². The van der Waals surface area contributed by atoms with Crippen LogP contribution in [0.2, 0.25) is 0 Å². The molecule has 2 aromatic rings. The number of hydrogen-bond acceptors (Lipinski definition) is 4. The summed E-state index contributed by atoms with van der Waals surface area (Å²) < 4.78 is 0. The van der Waals surface area contributed by atoms with Gasteiger partial charge < -0.3 is 10.2 Å². The summed E-state index contributed by atoms with van der Waals surface area (Å²) in [6, 6.07) is 7.85. The number of aryl methyl sites for hydroxylation is 1. The highest BCUT2D eigenvalue weighted by molar-refractivity contribution is 7.13. The highest BCUT2D eigenvalue weighted by Crippen LogP contribution is 2.29. The summed E-state index contributed by atoms with van der Waals surface area (Å²) in [5, 5.41) is 3.03. The van der Waals surface area contributed by atoms with Gasteiger partial charge in [0, 0.05) is 19.5 Å². The van der Waals surface area contributed by atoms with E-state index in [0.717, 1.165) is 23.2 Å². The van der Waals surface area contributed by atoms with Crippen molar-refractivity contribution in [3.63, 3.8) is 0 Å². The second-order valence-electron chi connectivity index (χ2n) is 9.32. The van der Waals surface area contributed by atoms with Crippen molar-refractivity contribution in [1.82, 2.24) is 15.2 Å². The molecule has 0 bridgehead atoms. The zero-order valence-corrected chi connectivity index (χ0v) is 18.8. The van der Waals surface area contributed by atoms with Gasteiger partial charge in [0.1, 0.15) is 6.04 Å². The molecule has 1 aromatic carbocycles. The number of aromatic nitrogens is 1. The van der Waals surface area contributed by atoms with Crippen LogP contribution < -0.4 is 5.32 Å². The van der Waals surface area contributed by atoms with Gasteiger partial charge in [0.05, 0.1) is 16.1 Å². The molecular formula is C23H31N3O2S. The van der Waals surface area contributed by atoms with Crippen LogP contribution in [0.1, 0.15) is 51.8 Å². The lowest BCUT2D eigenvalue weighted by Gasteiger charge is -2.27. The number of hydrogen-bond donors (Lipinski definition) is 1. The first-order chi connectivity index (χ1) is 13.6. The number of nitrogens with zero attached hydrogens (tertiary/aromatic N) is 2. The molecule has 1 aromatic heterocycles. The number of carbonyl (C=O) groups is 2. The van der Waals surface area contributed by atoms with Crippen molar-refractivity contribution in [3.05, 3.63) is 41.0 Å². The molecule has 1 aliphatic heterocycles.